The minimum atomic E-state index is -0.516. The highest BCUT2D eigenvalue weighted by Gasteiger charge is 2.52. The van der Waals surface area contributed by atoms with E-state index in [1.807, 2.05) is 25.7 Å². The quantitative estimate of drug-likeness (QED) is 0.659. The second-order valence-electron chi connectivity index (χ2n) is 10.7. The van der Waals surface area contributed by atoms with Crippen molar-refractivity contribution in [1.29, 1.82) is 0 Å². The Morgan fingerprint density at radius 2 is 1.83 bits per heavy atom. The zero-order valence-electron chi connectivity index (χ0n) is 19.3. The second kappa shape index (κ2) is 7.25. The van der Waals surface area contributed by atoms with Crippen molar-refractivity contribution in [3.63, 3.8) is 0 Å². The van der Waals surface area contributed by atoms with E-state index in [2.05, 4.69) is 39.8 Å². The number of rotatable bonds is 1. The molecular weight excluding hydrogens is 381 g/mol. The van der Waals surface area contributed by atoms with Gasteiger partial charge in [-0.3, -0.25) is 0 Å². The van der Waals surface area contributed by atoms with Crippen molar-refractivity contribution in [3.05, 3.63) is 28.8 Å². The predicted molar refractivity (Wildman–Crippen MR) is 116 cm³/mol. The fourth-order valence-corrected chi connectivity index (χ4v) is 4.47. The summed E-state index contributed by atoms with van der Waals surface area (Å²) >= 11 is 0. The molecule has 4 rings (SSSR count). The molecular formula is C23H34BNO5. The molecule has 7 heteroatoms. The van der Waals surface area contributed by atoms with Gasteiger partial charge >= 0.3 is 13.2 Å². The Kier molecular flexibility index (Phi) is 5.23. The Morgan fingerprint density at radius 3 is 2.47 bits per heavy atom. The van der Waals surface area contributed by atoms with Crippen LogP contribution in [-0.4, -0.2) is 54.6 Å². The average Bonchev–Trinajstić information content (AvgIpc) is 2.76. The number of amides is 1. The summed E-state index contributed by atoms with van der Waals surface area (Å²) in [5.41, 5.74) is 3.52. The molecule has 1 unspecified atom stereocenters. The van der Waals surface area contributed by atoms with Gasteiger partial charge in [-0.25, -0.2) is 4.79 Å². The van der Waals surface area contributed by atoms with Gasteiger partial charge in [0.1, 0.15) is 5.60 Å². The molecule has 1 fully saturated rings. The van der Waals surface area contributed by atoms with Crippen LogP contribution in [0.1, 0.15) is 71.1 Å². The van der Waals surface area contributed by atoms with Gasteiger partial charge in [-0.05, 0) is 77.0 Å². The maximum atomic E-state index is 12.8. The Hall–Kier alpha value is -1.57. The van der Waals surface area contributed by atoms with Crippen molar-refractivity contribution in [2.75, 3.05) is 19.7 Å². The van der Waals surface area contributed by atoms with Crippen LogP contribution in [0.3, 0.4) is 0 Å². The summed E-state index contributed by atoms with van der Waals surface area (Å²) in [4.78, 5) is 14.6. The normalized spacial score (nSPS) is 25.0. The van der Waals surface area contributed by atoms with Gasteiger partial charge in [-0.2, -0.15) is 0 Å². The fraction of sp³-hybridized carbons (Fsp3) is 0.696. The van der Waals surface area contributed by atoms with E-state index in [0.29, 0.717) is 26.3 Å². The number of carbonyl (C=O) groups excluding carboxylic acids is 1. The highest BCUT2D eigenvalue weighted by molar-refractivity contribution is 6.62. The Balaban J connectivity index is 1.68. The van der Waals surface area contributed by atoms with Gasteiger partial charge in [-0.15, -0.1) is 0 Å². The van der Waals surface area contributed by atoms with Gasteiger partial charge in [0.05, 0.1) is 24.4 Å². The maximum absolute atomic E-state index is 12.8. The molecule has 0 N–H and O–H groups in total. The topological polar surface area (TPSA) is 57.2 Å². The standard InChI is InChI=1S/C23H34BNO5/c1-21(2,3)28-20(26)25-11-10-17-18(24-29-22(4,5)23(6,7)30-24)9-8-15-13-27-14-16(12-25)19(15)17/h8-9,16H,10-14H2,1-7H3. The molecule has 0 saturated carbocycles. The number of nitrogens with zero attached hydrogens (tertiary/aromatic N) is 1. The predicted octanol–water partition coefficient (Wildman–Crippen LogP) is 3.39. The molecule has 0 spiro atoms. The lowest BCUT2D eigenvalue weighted by Crippen LogP contribution is -2.41. The van der Waals surface area contributed by atoms with Crippen LogP contribution in [0, 0.1) is 0 Å². The number of benzene rings is 1. The van der Waals surface area contributed by atoms with Crippen LogP contribution in [-0.2, 0) is 31.8 Å². The summed E-state index contributed by atoms with van der Waals surface area (Å²) in [5, 5.41) is 0. The van der Waals surface area contributed by atoms with Crippen LogP contribution in [0.2, 0.25) is 0 Å². The van der Waals surface area contributed by atoms with Crippen LogP contribution in [0.15, 0.2) is 12.1 Å². The fourth-order valence-electron chi connectivity index (χ4n) is 4.47. The average molecular weight is 415 g/mol. The third kappa shape index (κ3) is 3.87. The third-order valence-corrected chi connectivity index (χ3v) is 6.70. The van der Waals surface area contributed by atoms with Crippen molar-refractivity contribution < 1.29 is 23.6 Å². The number of carbonyl (C=O) groups is 1. The van der Waals surface area contributed by atoms with E-state index in [1.165, 1.54) is 16.7 Å². The number of hydrogen-bond acceptors (Lipinski definition) is 5. The largest absolute Gasteiger partial charge is 0.495 e. The number of ether oxygens (including phenoxy) is 2. The molecule has 3 aliphatic heterocycles. The Morgan fingerprint density at radius 1 is 1.17 bits per heavy atom. The smallest absolute Gasteiger partial charge is 0.444 e. The molecule has 164 valence electrons. The van der Waals surface area contributed by atoms with Crippen LogP contribution in [0.4, 0.5) is 4.79 Å². The molecule has 1 saturated heterocycles. The van der Waals surface area contributed by atoms with Gasteiger partial charge in [0, 0.05) is 19.0 Å². The van der Waals surface area contributed by atoms with Crippen molar-refractivity contribution in [1.82, 2.24) is 4.90 Å². The van der Waals surface area contributed by atoms with Crippen LogP contribution in [0.5, 0.6) is 0 Å². The van der Waals surface area contributed by atoms with E-state index >= 15 is 0 Å². The van der Waals surface area contributed by atoms with Crippen molar-refractivity contribution in [2.24, 2.45) is 0 Å². The van der Waals surface area contributed by atoms with Crippen molar-refractivity contribution in [2.45, 2.75) is 84.2 Å². The lowest BCUT2D eigenvalue weighted by atomic mass is 9.71. The Labute approximate surface area is 180 Å². The van der Waals surface area contributed by atoms with Gasteiger partial charge in [0.2, 0.25) is 0 Å². The van der Waals surface area contributed by atoms with Crippen molar-refractivity contribution >= 4 is 18.7 Å². The van der Waals surface area contributed by atoms with E-state index < -0.39 is 23.9 Å². The lowest BCUT2D eigenvalue weighted by Gasteiger charge is -2.32. The second-order valence-corrected chi connectivity index (χ2v) is 10.7. The van der Waals surface area contributed by atoms with Gasteiger partial charge < -0.3 is 23.7 Å². The first-order valence-electron chi connectivity index (χ1n) is 10.9. The molecule has 1 aromatic rings. The molecule has 0 aromatic heterocycles. The zero-order valence-corrected chi connectivity index (χ0v) is 19.3. The molecule has 30 heavy (non-hydrogen) atoms. The van der Waals surface area contributed by atoms with E-state index in [9.17, 15) is 4.79 Å². The first-order valence-corrected chi connectivity index (χ1v) is 10.9. The highest BCUT2D eigenvalue weighted by atomic mass is 16.7. The number of hydrogen-bond donors (Lipinski definition) is 0. The van der Waals surface area contributed by atoms with Crippen LogP contribution < -0.4 is 5.46 Å². The Bertz CT molecular complexity index is 829. The van der Waals surface area contributed by atoms with E-state index in [1.54, 1.807) is 0 Å². The van der Waals surface area contributed by atoms with Crippen LogP contribution >= 0.6 is 0 Å². The molecule has 0 bridgehead atoms. The molecule has 3 heterocycles. The minimum absolute atomic E-state index is 0.126. The molecule has 0 radical (unpaired) electrons. The lowest BCUT2D eigenvalue weighted by molar-refractivity contribution is 0.00578. The summed E-state index contributed by atoms with van der Waals surface area (Å²) in [6, 6.07) is 4.25. The summed E-state index contributed by atoms with van der Waals surface area (Å²) in [6.45, 7) is 16.4. The van der Waals surface area contributed by atoms with E-state index in [-0.39, 0.29) is 12.0 Å². The molecule has 3 aliphatic rings. The summed E-state index contributed by atoms with van der Waals surface area (Å²) in [7, 11) is -0.410. The zero-order chi connectivity index (χ0) is 21.9. The summed E-state index contributed by atoms with van der Waals surface area (Å²) in [6.07, 6.45) is 0.484. The van der Waals surface area contributed by atoms with Gasteiger partial charge in [0.25, 0.3) is 0 Å². The first kappa shape index (κ1) is 21.7. The van der Waals surface area contributed by atoms with Crippen LogP contribution in [0.25, 0.3) is 0 Å². The maximum Gasteiger partial charge on any atom is 0.495 e. The molecule has 6 nitrogen and oxygen atoms in total. The third-order valence-electron chi connectivity index (χ3n) is 6.70. The summed E-state index contributed by atoms with van der Waals surface area (Å²) in [5.74, 6) is 0.126. The summed E-state index contributed by atoms with van der Waals surface area (Å²) < 4.78 is 24.2. The molecule has 0 aliphatic carbocycles. The SMILES string of the molecule is CC(C)(C)OC(=O)N1CCc2c(B3OC(C)(C)C(C)(C)O3)ccc3c2C(COC3)C1. The minimum Gasteiger partial charge on any atom is -0.444 e. The van der Waals surface area contributed by atoms with Gasteiger partial charge in [0.15, 0.2) is 0 Å². The monoisotopic (exact) mass is 415 g/mol. The van der Waals surface area contributed by atoms with Gasteiger partial charge in [-0.1, -0.05) is 12.1 Å². The van der Waals surface area contributed by atoms with Crippen molar-refractivity contribution in [3.8, 4) is 0 Å². The highest BCUT2D eigenvalue weighted by Crippen LogP contribution is 2.38. The molecule has 1 amide bonds. The first-order chi connectivity index (χ1) is 13.9. The molecule has 1 atom stereocenters. The van der Waals surface area contributed by atoms with E-state index in [0.717, 1.165) is 11.9 Å². The molecule has 1 aromatic carbocycles. The van der Waals surface area contributed by atoms with E-state index in [4.69, 9.17) is 18.8 Å².